The Morgan fingerprint density at radius 3 is 2.51 bits per heavy atom. The number of benzene rings is 3. The number of aliphatic hydroxyl groups is 1. The number of carbonyl (C=O) groups excluding carboxylic acids is 2. The number of alkyl halides is 3. The molecular formula is C32H35F4N3O4. The van der Waals surface area contributed by atoms with E-state index in [0.717, 1.165) is 36.6 Å². The fraction of sp³-hybridized carbons (Fsp3) is 0.375. The van der Waals surface area contributed by atoms with Crippen molar-refractivity contribution in [2.75, 3.05) is 26.8 Å². The highest BCUT2D eigenvalue weighted by Gasteiger charge is 2.32. The quantitative estimate of drug-likeness (QED) is 0.265. The van der Waals surface area contributed by atoms with Gasteiger partial charge in [-0.2, -0.15) is 13.2 Å². The van der Waals surface area contributed by atoms with E-state index in [1.165, 1.54) is 25.3 Å². The first-order valence-electron chi connectivity index (χ1n) is 14.1. The van der Waals surface area contributed by atoms with Crippen molar-refractivity contribution in [3.63, 3.8) is 0 Å². The van der Waals surface area contributed by atoms with Crippen LogP contribution in [0.1, 0.15) is 50.2 Å². The predicted octanol–water partition coefficient (Wildman–Crippen LogP) is 4.59. The Morgan fingerprint density at radius 1 is 1.05 bits per heavy atom. The van der Waals surface area contributed by atoms with Crippen LogP contribution in [0.25, 0.3) is 0 Å². The van der Waals surface area contributed by atoms with Gasteiger partial charge in [0.2, 0.25) is 0 Å². The van der Waals surface area contributed by atoms with Crippen LogP contribution in [0, 0.1) is 5.82 Å². The summed E-state index contributed by atoms with van der Waals surface area (Å²) in [5, 5.41) is 16.8. The Bertz CT molecular complexity index is 1390. The van der Waals surface area contributed by atoms with E-state index in [1.54, 1.807) is 11.0 Å². The number of aliphatic hydroxyl groups excluding tert-OH is 1. The van der Waals surface area contributed by atoms with Crippen molar-refractivity contribution in [2.24, 2.45) is 0 Å². The van der Waals surface area contributed by atoms with Gasteiger partial charge in [0.1, 0.15) is 5.82 Å². The number of nitrogens with zero attached hydrogens (tertiary/aromatic N) is 1. The number of methoxy groups -OCH3 is 1. The number of nitrogens with one attached hydrogen (secondary N) is 2. The second-order valence-electron chi connectivity index (χ2n) is 10.6. The molecule has 230 valence electrons. The zero-order valence-corrected chi connectivity index (χ0v) is 23.7. The first-order chi connectivity index (χ1) is 20.6. The van der Waals surface area contributed by atoms with Crippen molar-refractivity contribution in [3.8, 4) is 0 Å². The number of amides is 2. The molecule has 4 rings (SSSR count). The molecule has 0 spiro atoms. The van der Waals surface area contributed by atoms with Gasteiger partial charge in [-0.25, -0.2) is 4.39 Å². The molecule has 11 heteroatoms. The molecule has 0 unspecified atom stereocenters. The van der Waals surface area contributed by atoms with Gasteiger partial charge >= 0.3 is 6.18 Å². The second kappa shape index (κ2) is 14.6. The number of halogens is 4. The van der Waals surface area contributed by atoms with Gasteiger partial charge in [0.05, 0.1) is 35.9 Å². The molecule has 1 aliphatic heterocycles. The smallest absolute Gasteiger partial charge is 0.390 e. The van der Waals surface area contributed by atoms with Crippen LogP contribution in [0.5, 0.6) is 0 Å². The van der Waals surface area contributed by atoms with Crippen LogP contribution in [0.2, 0.25) is 0 Å². The van der Waals surface area contributed by atoms with Crippen LogP contribution in [0.15, 0.2) is 72.8 Å². The largest absolute Gasteiger partial charge is 0.416 e. The number of carbonyl (C=O) groups is 2. The third-order valence-electron chi connectivity index (χ3n) is 7.47. The van der Waals surface area contributed by atoms with Crippen molar-refractivity contribution in [1.29, 1.82) is 0 Å². The van der Waals surface area contributed by atoms with Gasteiger partial charge in [-0.3, -0.25) is 9.59 Å². The van der Waals surface area contributed by atoms with Gasteiger partial charge < -0.3 is 25.4 Å². The maximum Gasteiger partial charge on any atom is 0.416 e. The molecule has 0 aliphatic carbocycles. The average Bonchev–Trinajstić information content (AvgIpc) is 3.45. The molecule has 0 aromatic heterocycles. The number of hydrogen-bond acceptors (Lipinski definition) is 5. The van der Waals surface area contributed by atoms with Crippen LogP contribution < -0.4 is 10.6 Å². The van der Waals surface area contributed by atoms with Gasteiger partial charge in [-0.1, -0.05) is 48.5 Å². The molecule has 0 bridgehead atoms. The molecule has 1 aliphatic rings. The number of rotatable bonds is 12. The summed E-state index contributed by atoms with van der Waals surface area (Å²) >= 11 is 0. The topological polar surface area (TPSA) is 90.9 Å². The van der Waals surface area contributed by atoms with Crippen molar-refractivity contribution in [1.82, 2.24) is 15.5 Å². The fourth-order valence-electron chi connectivity index (χ4n) is 5.22. The van der Waals surface area contributed by atoms with Crippen LogP contribution in [-0.2, 0) is 23.9 Å². The zero-order chi connectivity index (χ0) is 31.0. The third kappa shape index (κ3) is 8.62. The van der Waals surface area contributed by atoms with E-state index in [1.807, 2.05) is 30.3 Å². The Kier molecular flexibility index (Phi) is 10.9. The normalized spacial score (nSPS) is 16.6. The van der Waals surface area contributed by atoms with Crippen LogP contribution >= 0.6 is 0 Å². The van der Waals surface area contributed by atoms with Gasteiger partial charge in [0.15, 0.2) is 0 Å². The second-order valence-corrected chi connectivity index (χ2v) is 10.6. The Labute approximate surface area is 247 Å². The number of likely N-dealkylation sites (tertiary alicyclic amines) is 1. The highest BCUT2D eigenvalue weighted by molar-refractivity contribution is 6.00. The number of hydrogen-bond donors (Lipinski definition) is 3. The molecule has 3 aromatic carbocycles. The fourth-order valence-corrected chi connectivity index (χ4v) is 5.22. The van der Waals surface area contributed by atoms with E-state index in [9.17, 15) is 32.3 Å². The summed E-state index contributed by atoms with van der Waals surface area (Å²) in [6, 6.07) is 16.6. The molecule has 0 radical (unpaired) electrons. The zero-order valence-electron chi connectivity index (χ0n) is 23.7. The summed E-state index contributed by atoms with van der Waals surface area (Å²) in [6.07, 6.45) is -3.84. The molecule has 1 fully saturated rings. The van der Waals surface area contributed by atoms with Gasteiger partial charge in [0, 0.05) is 32.3 Å². The summed E-state index contributed by atoms with van der Waals surface area (Å²) in [4.78, 5) is 28.1. The molecule has 1 saturated heterocycles. The Morgan fingerprint density at radius 2 is 1.79 bits per heavy atom. The first kappa shape index (κ1) is 32.1. The van der Waals surface area contributed by atoms with E-state index >= 15 is 0 Å². The minimum atomic E-state index is -4.47. The highest BCUT2D eigenvalue weighted by Crippen LogP contribution is 2.29. The lowest BCUT2D eigenvalue weighted by Gasteiger charge is -2.26. The van der Waals surface area contributed by atoms with E-state index in [2.05, 4.69) is 10.6 Å². The van der Waals surface area contributed by atoms with Crippen LogP contribution in [0.3, 0.4) is 0 Å². The van der Waals surface area contributed by atoms with Gasteiger partial charge in [-0.15, -0.1) is 0 Å². The maximum atomic E-state index is 14.8. The Balaban J connectivity index is 1.46. The van der Waals surface area contributed by atoms with Crippen molar-refractivity contribution in [2.45, 2.75) is 50.2 Å². The SMILES string of the molecule is COC[C@H]1CCCN1C(=O)c1cc(C(=O)N[C@@H](Cc2ccccc2)[C@H](O)CNCc2cccc(C(F)(F)F)c2)ccc1F. The minimum absolute atomic E-state index is 0.0307. The lowest BCUT2D eigenvalue weighted by atomic mass is 10.00. The minimum Gasteiger partial charge on any atom is -0.390 e. The molecule has 1 heterocycles. The molecule has 2 amide bonds. The van der Waals surface area contributed by atoms with E-state index < -0.39 is 41.5 Å². The molecule has 43 heavy (non-hydrogen) atoms. The summed E-state index contributed by atoms with van der Waals surface area (Å²) in [5.41, 5.74) is 0.281. The summed E-state index contributed by atoms with van der Waals surface area (Å²) < 4.78 is 59.2. The standard InChI is InChI=1S/C32H35F4N3O4/c1-43-20-25-11-6-14-39(25)31(42)26-17-23(12-13-27(26)33)30(41)38-28(16-21-7-3-2-4-8-21)29(40)19-37-18-22-9-5-10-24(15-22)32(34,35)36/h2-5,7-10,12-13,15,17,25,28-29,37,40H,6,11,14,16,18-20H2,1H3,(H,38,41)/t25-,28+,29-/m1/s1. The molecule has 3 N–H and O–H groups in total. The van der Waals surface area contributed by atoms with Gasteiger partial charge in [0.25, 0.3) is 11.8 Å². The monoisotopic (exact) mass is 601 g/mol. The van der Waals surface area contributed by atoms with Crippen molar-refractivity contribution >= 4 is 11.8 Å². The third-order valence-corrected chi connectivity index (χ3v) is 7.47. The molecular weight excluding hydrogens is 566 g/mol. The predicted molar refractivity (Wildman–Crippen MR) is 153 cm³/mol. The highest BCUT2D eigenvalue weighted by atomic mass is 19.4. The molecule has 0 saturated carbocycles. The van der Waals surface area contributed by atoms with E-state index in [0.29, 0.717) is 18.7 Å². The molecule has 3 atom stereocenters. The summed E-state index contributed by atoms with van der Waals surface area (Å²) in [7, 11) is 1.54. The van der Waals surface area contributed by atoms with Crippen molar-refractivity contribution < 1.29 is 37.0 Å². The maximum absolute atomic E-state index is 14.8. The van der Waals surface area contributed by atoms with Crippen LogP contribution in [0.4, 0.5) is 17.6 Å². The van der Waals surface area contributed by atoms with Crippen molar-refractivity contribution in [3.05, 3.63) is 106 Å². The first-order valence-corrected chi connectivity index (χ1v) is 14.1. The summed E-state index contributed by atoms with van der Waals surface area (Å²) in [6.45, 7) is 0.823. The Hall–Kier alpha value is -3.80. The molecule has 3 aromatic rings. The summed E-state index contributed by atoms with van der Waals surface area (Å²) in [5.74, 6) is -1.88. The lowest BCUT2D eigenvalue weighted by Crippen LogP contribution is -2.48. The molecule has 7 nitrogen and oxygen atoms in total. The average molecular weight is 602 g/mol. The van der Waals surface area contributed by atoms with E-state index in [-0.39, 0.29) is 36.7 Å². The van der Waals surface area contributed by atoms with Gasteiger partial charge in [-0.05, 0) is 54.7 Å². The number of ether oxygens (including phenoxy) is 1. The lowest BCUT2D eigenvalue weighted by molar-refractivity contribution is -0.137. The van der Waals surface area contributed by atoms with E-state index in [4.69, 9.17) is 4.74 Å². The van der Waals surface area contributed by atoms with Crippen LogP contribution in [-0.4, -0.2) is 66.8 Å².